The Morgan fingerprint density at radius 3 is 3.13 bits per heavy atom. The van der Waals surface area contributed by atoms with Gasteiger partial charge in [-0.05, 0) is 30.2 Å². The maximum Gasteiger partial charge on any atom is 0.191 e. The van der Waals surface area contributed by atoms with Crippen LogP contribution in [-0.4, -0.2) is 45.7 Å². The van der Waals surface area contributed by atoms with Crippen LogP contribution in [0.15, 0.2) is 35.6 Å². The number of aromatic nitrogens is 3. The molecular formula is C16H22N6S. The molecule has 1 aromatic heterocycles. The van der Waals surface area contributed by atoms with E-state index < -0.39 is 0 Å². The molecule has 1 atom stereocenters. The molecule has 0 bridgehead atoms. The van der Waals surface area contributed by atoms with Gasteiger partial charge in [-0.1, -0.05) is 18.2 Å². The third kappa shape index (κ3) is 4.48. The lowest BCUT2D eigenvalue weighted by Crippen LogP contribution is -2.39. The van der Waals surface area contributed by atoms with E-state index in [0.717, 1.165) is 30.4 Å². The molecule has 1 aliphatic rings. The molecule has 0 aliphatic carbocycles. The summed E-state index contributed by atoms with van der Waals surface area (Å²) in [5.74, 6) is 2.92. The van der Waals surface area contributed by atoms with Gasteiger partial charge in [0, 0.05) is 31.0 Å². The van der Waals surface area contributed by atoms with Crippen molar-refractivity contribution in [2.75, 3.05) is 19.3 Å². The molecule has 1 saturated heterocycles. The lowest BCUT2D eigenvalue weighted by Gasteiger charge is -2.15. The van der Waals surface area contributed by atoms with Crippen molar-refractivity contribution in [3.05, 3.63) is 36.2 Å². The van der Waals surface area contributed by atoms with Gasteiger partial charge >= 0.3 is 0 Å². The van der Waals surface area contributed by atoms with Crippen LogP contribution in [0.25, 0.3) is 11.4 Å². The summed E-state index contributed by atoms with van der Waals surface area (Å²) >= 11 is 2.05. The highest BCUT2D eigenvalue weighted by Crippen LogP contribution is 2.25. The SMILES string of the molecule is CN=C(NCc1cccc(-c2ncn[nH]2)c1)NCC1CCCS1. The molecular weight excluding hydrogens is 308 g/mol. The summed E-state index contributed by atoms with van der Waals surface area (Å²) in [6.45, 7) is 1.70. The van der Waals surface area contributed by atoms with E-state index >= 15 is 0 Å². The van der Waals surface area contributed by atoms with Gasteiger partial charge in [0.2, 0.25) is 0 Å². The van der Waals surface area contributed by atoms with Crippen molar-refractivity contribution in [3.63, 3.8) is 0 Å². The average molecular weight is 330 g/mol. The second kappa shape index (κ2) is 8.01. The fourth-order valence-corrected chi connectivity index (χ4v) is 3.80. The molecule has 1 aliphatic heterocycles. The van der Waals surface area contributed by atoms with Crippen LogP contribution in [0.2, 0.25) is 0 Å². The molecule has 2 heterocycles. The molecule has 0 saturated carbocycles. The molecule has 122 valence electrons. The summed E-state index contributed by atoms with van der Waals surface area (Å²) in [6.07, 6.45) is 4.15. The number of hydrogen-bond donors (Lipinski definition) is 3. The number of rotatable bonds is 5. The largest absolute Gasteiger partial charge is 0.355 e. The molecule has 1 unspecified atom stereocenters. The topological polar surface area (TPSA) is 78.0 Å². The Kier molecular flexibility index (Phi) is 5.52. The van der Waals surface area contributed by atoms with Crippen molar-refractivity contribution in [2.24, 2.45) is 4.99 Å². The number of H-pyrrole nitrogens is 1. The number of aromatic amines is 1. The maximum absolute atomic E-state index is 4.29. The summed E-state index contributed by atoms with van der Waals surface area (Å²) < 4.78 is 0. The van der Waals surface area contributed by atoms with E-state index in [1.807, 2.05) is 30.9 Å². The lowest BCUT2D eigenvalue weighted by atomic mass is 10.1. The fraction of sp³-hybridized carbons (Fsp3) is 0.438. The summed E-state index contributed by atoms with van der Waals surface area (Å²) in [5, 5.41) is 14.3. The molecule has 7 heteroatoms. The summed E-state index contributed by atoms with van der Waals surface area (Å²) in [4.78, 5) is 8.48. The van der Waals surface area contributed by atoms with Crippen LogP contribution in [0.4, 0.5) is 0 Å². The first-order valence-corrected chi connectivity index (χ1v) is 8.91. The highest BCUT2D eigenvalue weighted by Gasteiger charge is 2.15. The Morgan fingerprint density at radius 1 is 1.43 bits per heavy atom. The Hall–Kier alpha value is -2.02. The monoisotopic (exact) mass is 330 g/mol. The second-order valence-electron chi connectivity index (χ2n) is 5.48. The van der Waals surface area contributed by atoms with Gasteiger partial charge in [-0.2, -0.15) is 16.9 Å². The Bertz CT molecular complexity index is 634. The van der Waals surface area contributed by atoms with Gasteiger partial charge in [-0.3, -0.25) is 10.1 Å². The van der Waals surface area contributed by atoms with E-state index in [-0.39, 0.29) is 0 Å². The number of guanidine groups is 1. The second-order valence-corrected chi connectivity index (χ2v) is 6.88. The summed E-state index contributed by atoms with van der Waals surface area (Å²) in [7, 11) is 1.81. The smallest absolute Gasteiger partial charge is 0.191 e. The molecule has 23 heavy (non-hydrogen) atoms. The lowest BCUT2D eigenvalue weighted by molar-refractivity contribution is 0.726. The predicted octanol–water partition coefficient (Wildman–Crippen LogP) is 2.03. The standard InChI is InChI=1S/C16H22N6S/c1-17-16(19-10-14-6-3-7-23-14)18-9-12-4-2-5-13(8-12)15-20-11-21-22-15/h2,4-5,8,11,14H,3,6-7,9-10H2,1H3,(H2,17,18,19)(H,20,21,22). The quantitative estimate of drug-likeness (QED) is 0.577. The van der Waals surface area contributed by atoms with Gasteiger partial charge in [0.25, 0.3) is 0 Å². The van der Waals surface area contributed by atoms with Crippen molar-refractivity contribution < 1.29 is 0 Å². The molecule has 0 amide bonds. The van der Waals surface area contributed by atoms with E-state index in [1.165, 1.54) is 30.5 Å². The molecule has 1 aromatic carbocycles. The number of nitrogens with zero attached hydrogens (tertiary/aromatic N) is 3. The van der Waals surface area contributed by atoms with Crippen LogP contribution in [0.1, 0.15) is 18.4 Å². The summed E-state index contributed by atoms with van der Waals surface area (Å²) in [5.41, 5.74) is 2.21. The average Bonchev–Trinajstić information content (AvgIpc) is 3.29. The van der Waals surface area contributed by atoms with E-state index in [4.69, 9.17) is 0 Å². The third-order valence-corrected chi connectivity index (χ3v) is 5.22. The van der Waals surface area contributed by atoms with Gasteiger partial charge in [0.15, 0.2) is 11.8 Å². The Morgan fingerprint density at radius 2 is 2.39 bits per heavy atom. The first-order valence-electron chi connectivity index (χ1n) is 7.86. The van der Waals surface area contributed by atoms with Crippen LogP contribution in [0, 0.1) is 0 Å². The van der Waals surface area contributed by atoms with Crippen molar-refractivity contribution in [1.82, 2.24) is 25.8 Å². The molecule has 3 rings (SSSR count). The maximum atomic E-state index is 4.29. The molecule has 0 radical (unpaired) electrons. The van der Waals surface area contributed by atoms with Crippen LogP contribution in [-0.2, 0) is 6.54 Å². The highest BCUT2D eigenvalue weighted by atomic mass is 32.2. The fourth-order valence-electron chi connectivity index (χ4n) is 2.60. The van der Waals surface area contributed by atoms with E-state index in [1.54, 1.807) is 0 Å². The van der Waals surface area contributed by atoms with E-state index in [0.29, 0.717) is 5.25 Å². The van der Waals surface area contributed by atoms with E-state index in [9.17, 15) is 0 Å². The molecule has 1 fully saturated rings. The minimum atomic E-state index is 0.711. The highest BCUT2D eigenvalue weighted by molar-refractivity contribution is 8.00. The zero-order valence-electron chi connectivity index (χ0n) is 13.2. The van der Waals surface area contributed by atoms with Gasteiger partial charge < -0.3 is 10.6 Å². The number of thioether (sulfide) groups is 1. The van der Waals surface area contributed by atoms with Crippen LogP contribution < -0.4 is 10.6 Å². The van der Waals surface area contributed by atoms with Crippen LogP contribution in [0.5, 0.6) is 0 Å². The zero-order valence-corrected chi connectivity index (χ0v) is 14.1. The number of benzene rings is 1. The van der Waals surface area contributed by atoms with Crippen molar-refractivity contribution in [3.8, 4) is 11.4 Å². The van der Waals surface area contributed by atoms with Crippen LogP contribution in [0.3, 0.4) is 0 Å². The minimum absolute atomic E-state index is 0.711. The predicted molar refractivity (Wildman–Crippen MR) is 95.5 cm³/mol. The molecule has 3 N–H and O–H groups in total. The third-order valence-electron chi connectivity index (χ3n) is 3.82. The van der Waals surface area contributed by atoms with Crippen LogP contribution >= 0.6 is 11.8 Å². The van der Waals surface area contributed by atoms with Gasteiger partial charge in [0.05, 0.1) is 0 Å². The van der Waals surface area contributed by atoms with Gasteiger partial charge in [-0.15, -0.1) is 0 Å². The Balaban J connectivity index is 1.53. The molecule has 0 spiro atoms. The normalized spacial score (nSPS) is 18.1. The number of nitrogens with one attached hydrogen (secondary N) is 3. The molecule has 2 aromatic rings. The first kappa shape index (κ1) is 15.9. The van der Waals surface area contributed by atoms with E-state index in [2.05, 4.69) is 42.9 Å². The molecule has 6 nitrogen and oxygen atoms in total. The first-order chi connectivity index (χ1) is 11.3. The summed E-state index contributed by atoms with van der Waals surface area (Å²) in [6, 6.07) is 8.25. The van der Waals surface area contributed by atoms with Gasteiger partial charge in [0.1, 0.15) is 6.33 Å². The van der Waals surface area contributed by atoms with Crippen molar-refractivity contribution in [1.29, 1.82) is 0 Å². The van der Waals surface area contributed by atoms with Gasteiger partial charge in [-0.25, -0.2) is 4.98 Å². The number of hydrogen-bond acceptors (Lipinski definition) is 4. The Labute approximate surface area is 140 Å². The number of aliphatic imine (C=N–C) groups is 1. The van der Waals surface area contributed by atoms with Crippen molar-refractivity contribution in [2.45, 2.75) is 24.6 Å². The van der Waals surface area contributed by atoms with Crippen molar-refractivity contribution >= 4 is 17.7 Å². The zero-order chi connectivity index (χ0) is 15.9. The minimum Gasteiger partial charge on any atom is -0.355 e.